The molecule has 0 saturated heterocycles. The molecule has 0 amide bonds. The number of hydrogen-bond donors (Lipinski definition) is 1. The van der Waals surface area contributed by atoms with Crippen molar-refractivity contribution in [2.45, 2.75) is 24.3 Å². The molecule has 0 aliphatic rings. The number of hydrogen-bond acceptors (Lipinski definition) is 3. The Morgan fingerprint density at radius 2 is 2.00 bits per heavy atom. The molecule has 0 bridgehead atoms. The van der Waals surface area contributed by atoms with Crippen LogP contribution in [0.5, 0.6) is 0 Å². The van der Waals surface area contributed by atoms with Crippen LogP contribution in [0.2, 0.25) is 0 Å². The summed E-state index contributed by atoms with van der Waals surface area (Å²) in [7, 11) is 1.74. The van der Waals surface area contributed by atoms with Crippen LogP contribution in [0.15, 0.2) is 29.2 Å². The van der Waals surface area contributed by atoms with Crippen LogP contribution in [0.3, 0.4) is 0 Å². The summed E-state index contributed by atoms with van der Waals surface area (Å²) >= 11 is 1.78. The highest BCUT2D eigenvalue weighted by molar-refractivity contribution is 7.98. The summed E-state index contributed by atoms with van der Waals surface area (Å²) in [5.41, 5.74) is 1.34. The van der Waals surface area contributed by atoms with Crippen molar-refractivity contribution >= 4 is 11.8 Å². The Bertz CT molecular complexity index is 286. The second kappa shape index (κ2) is 7.71. The van der Waals surface area contributed by atoms with Crippen molar-refractivity contribution in [1.29, 1.82) is 0 Å². The molecule has 0 spiro atoms. The Balaban J connectivity index is 2.37. The van der Waals surface area contributed by atoms with E-state index in [1.165, 1.54) is 10.5 Å². The van der Waals surface area contributed by atoms with E-state index in [2.05, 4.69) is 42.8 Å². The van der Waals surface area contributed by atoms with Gasteiger partial charge in [0.2, 0.25) is 0 Å². The number of methoxy groups -OCH3 is 1. The predicted molar refractivity (Wildman–Crippen MR) is 71.1 cm³/mol. The van der Waals surface area contributed by atoms with E-state index in [1.54, 1.807) is 18.9 Å². The third kappa shape index (κ3) is 4.56. The van der Waals surface area contributed by atoms with Crippen molar-refractivity contribution in [2.75, 3.05) is 26.5 Å². The van der Waals surface area contributed by atoms with Crippen molar-refractivity contribution < 1.29 is 4.74 Å². The van der Waals surface area contributed by atoms with Crippen LogP contribution in [0.25, 0.3) is 0 Å². The van der Waals surface area contributed by atoms with Gasteiger partial charge in [0.1, 0.15) is 0 Å². The monoisotopic (exact) mass is 239 g/mol. The molecule has 1 aromatic rings. The Kier molecular flexibility index (Phi) is 6.53. The van der Waals surface area contributed by atoms with Gasteiger partial charge >= 0.3 is 0 Å². The molecule has 0 aromatic heterocycles. The maximum Gasteiger partial charge on any atom is 0.0474 e. The largest absolute Gasteiger partial charge is 0.385 e. The molecule has 1 rings (SSSR count). The summed E-state index contributed by atoms with van der Waals surface area (Å²) in [6, 6.07) is 9.15. The van der Waals surface area contributed by atoms with Crippen molar-refractivity contribution in [1.82, 2.24) is 5.32 Å². The van der Waals surface area contributed by atoms with E-state index >= 15 is 0 Å². The van der Waals surface area contributed by atoms with Gasteiger partial charge in [-0.2, -0.15) is 0 Å². The molecule has 16 heavy (non-hydrogen) atoms. The van der Waals surface area contributed by atoms with Crippen molar-refractivity contribution in [3.63, 3.8) is 0 Å². The average Bonchev–Trinajstić information content (AvgIpc) is 2.34. The second-order valence-corrected chi connectivity index (χ2v) is 4.67. The first kappa shape index (κ1) is 13.6. The molecular weight excluding hydrogens is 218 g/mol. The normalized spacial score (nSPS) is 12.7. The van der Waals surface area contributed by atoms with Crippen LogP contribution < -0.4 is 5.32 Å². The zero-order valence-corrected chi connectivity index (χ0v) is 11.1. The van der Waals surface area contributed by atoms with Crippen LogP contribution >= 0.6 is 11.8 Å². The number of rotatable bonds is 7. The fourth-order valence-electron chi connectivity index (χ4n) is 1.55. The maximum atomic E-state index is 5.02. The molecule has 0 radical (unpaired) electrons. The van der Waals surface area contributed by atoms with Gasteiger partial charge in [0.25, 0.3) is 0 Å². The minimum Gasteiger partial charge on any atom is -0.385 e. The van der Waals surface area contributed by atoms with Gasteiger partial charge in [-0.25, -0.2) is 0 Å². The van der Waals surface area contributed by atoms with Crippen LogP contribution in [-0.2, 0) is 4.74 Å². The van der Waals surface area contributed by atoms with Gasteiger partial charge in [-0.3, -0.25) is 0 Å². The molecular formula is C13H21NOS. The molecule has 3 heteroatoms. The van der Waals surface area contributed by atoms with E-state index in [0.717, 1.165) is 19.6 Å². The van der Waals surface area contributed by atoms with Gasteiger partial charge in [-0.15, -0.1) is 11.8 Å². The van der Waals surface area contributed by atoms with Gasteiger partial charge in [0.15, 0.2) is 0 Å². The Morgan fingerprint density at radius 3 is 2.56 bits per heavy atom. The SMILES string of the molecule is COCCCNC(C)c1ccc(SC)cc1. The molecule has 90 valence electrons. The minimum atomic E-state index is 0.410. The Morgan fingerprint density at radius 1 is 1.31 bits per heavy atom. The first-order chi connectivity index (χ1) is 7.77. The molecule has 0 saturated carbocycles. The fourth-order valence-corrected chi connectivity index (χ4v) is 1.95. The molecule has 0 aliphatic heterocycles. The lowest BCUT2D eigenvalue weighted by molar-refractivity contribution is 0.193. The van der Waals surface area contributed by atoms with Crippen LogP contribution in [-0.4, -0.2) is 26.5 Å². The average molecular weight is 239 g/mol. The van der Waals surface area contributed by atoms with Crippen LogP contribution in [0, 0.1) is 0 Å². The fraction of sp³-hybridized carbons (Fsp3) is 0.538. The minimum absolute atomic E-state index is 0.410. The van der Waals surface area contributed by atoms with E-state index in [0.29, 0.717) is 6.04 Å². The highest BCUT2D eigenvalue weighted by Gasteiger charge is 2.03. The first-order valence-electron chi connectivity index (χ1n) is 5.64. The number of thioether (sulfide) groups is 1. The highest BCUT2D eigenvalue weighted by atomic mass is 32.2. The summed E-state index contributed by atoms with van der Waals surface area (Å²) in [5.74, 6) is 0. The van der Waals surface area contributed by atoms with Gasteiger partial charge in [0, 0.05) is 24.7 Å². The number of nitrogens with one attached hydrogen (secondary N) is 1. The third-order valence-electron chi connectivity index (χ3n) is 2.59. The first-order valence-corrected chi connectivity index (χ1v) is 6.86. The van der Waals surface area contributed by atoms with Gasteiger partial charge in [-0.05, 0) is 43.8 Å². The van der Waals surface area contributed by atoms with Gasteiger partial charge in [0.05, 0.1) is 0 Å². The topological polar surface area (TPSA) is 21.3 Å². The van der Waals surface area contributed by atoms with E-state index in [-0.39, 0.29) is 0 Å². The smallest absolute Gasteiger partial charge is 0.0474 e. The zero-order valence-electron chi connectivity index (χ0n) is 10.3. The van der Waals surface area contributed by atoms with Crippen molar-refractivity contribution in [3.05, 3.63) is 29.8 Å². The van der Waals surface area contributed by atoms with E-state index < -0.39 is 0 Å². The summed E-state index contributed by atoms with van der Waals surface area (Å²) in [5, 5.41) is 3.48. The maximum absolute atomic E-state index is 5.02. The van der Waals surface area contributed by atoms with Crippen LogP contribution in [0.1, 0.15) is 24.9 Å². The number of ether oxygens (including phenoxy) is 1. The second-order valence-electron chi connectivity index (χ2n) is 3.80. The van der Waals surface area contributed by atoms with Crippen LogP contribution in [0.4, 0.5) is 0 Å². The van der Waals surface area contributed by atoms with Gasteiger partial charge in [-0.1, -0.05) is 12.1 Å². The molecule has 0 heterocycles. The van der Waals surface area contributed by atoms with Gasteiger partial charge < -0.3 is 10.1 Å². The molecule has 1 aromatic carbocycles. The van der Waals surface area contributed by atoms with Crippen molar-refractivity contribution in [3.8, 4) is 0 Å². The molecule has 0 fully saturated rings. The molecule has 2 nitrogen and oxygen atoms in total. The third-order valence-corrected chi connectivity index (χ3v) is 3.34. The lowest BCUT2D eigenvalue weighted by atomic mass is 10.1. The lowest BCUT2D eigenvalue weighted by Gasteiger charge is -2.14. The van der Waals surface area contributed by atoms with E-state index in [9.17, 15) is 0 Å². The highest BCUT2D eigenvalue weighted by Crippen LogP contribution is 2.18. The summed E-state index contributed by atoms with van der Waals surface area (Å²) in [6.45, 7) is 4.02. The number of benzene rings is 1. The Hall–Kier alpha value is -0.510. The lowest BCUT2D eigenvalue weighted by Crippen LogP contribution is -2.20. The summed E-state index contributed by atoms with van der Waals surface area (Å²) < 4.78 is 5.02. The zero-order chi connectivity index (χ0) is 11.8. The molecule has 1 atom stereocenters. The molecule has 0 aliphatic carbocycles. The Labute approximate surface area is 103 Å². The summed E-state index contributed by atoms with van der Waals surface area (Å²) in [6.07, 6.45) is 3.16. The van der Waals surface area contributed by atoms with E-state index in [1.807, 2.05) is 0 Å². The van der Waals surface area contributed by atoms with Crippen molar-refractivity contribution in [2.24, 2.45) is 0 Å². The summed E-state index contributed by atoms with van der Waals surface area (Å²) in [4.78, 5) is 1.32. The standard InChI is InChI=1S/C13H21NOS/c1-11(14-9-4-10-15-2)12-5-7-13(16-3)8-6-12/h5-8,11,14H,4,9-10H2,1-3H3. The molecule has 1 unspecified atom stereocenters. The van der Waals surface area contributed by atoms with E-state index in [4.69, 9.17) is 4.74 Å². The quantitative estimate of drug-likeness (QED) is 0.583. The molecule has 1 N–H and O–H groups in total. The predicted octanol–water partition coefficient (Wildman–Crippen LogP) is 3.10.